The summed E-state index contributed by atoms with van der Waals surface area (Å²) in [5, 5.41) is 2.96. The van der Waals surface area contributed by atoms with E-state index >= 15 is 0 Å². The zero-order valence-corrected chi connectivity index (χ0v) is 14.6. The van der Waals surface area contributed by atoms with E-state index in [0.717, 1.165) is 23.6 Å². The highest BCUT2D eigenvalue weighted by molar-refractivity contribution is 5.92. The third-order valence-electron chi connectivity index (χ3n) is 3.46. The van der Waals surface area contributed by atoms with Gasteiger partial charge in [0.2, 0.25) is 5.91 Å². The molecule has 0 spiro atoms. The van der Waals surface area contributed by atoms with Crippen molar-refractivity contribution in [3.05, 3.63) is 29.8 Å². The van der Waals surface area contributed by atoms with Crippen molar-refractivity contribution in [1.82, 2.24) is 9.80 Å². The third kappa shape index (κ3) is 5.39. The Labute approximate surface area is 134 Å². The number of rotatable bonds is 5. The molecule has 122 valence electrons. The maximum absolute atomic E-state index is 11.9. The van der Waals surface area contributed by atoms with Crippen LogP contribution in [0.1, 0.15) is 25.8 Å². The van der Waals surface area contributed by atoms with E-state index in [1.807, 2.05) is 76.1 Å². The van der Waals surface area contributed by atoms with E-state index in [2.05, 4.69) is 10.3 Å². The van der Waals surface area contributed by atoms with E-state index in [1.54, 1.807) is 0 Å². The van der Waals surface area contributed by atoms with Crippen molar-refractivity contribution in [2.75, 3.05) is 33.5 Å². The molecule has 0 saturated heterocycles. The Morgan fingerprint density at radius 1 is 1.23 bits per heavy atom. The Kier molecular flexibility index (Phi) is 6.89. The second kappa shape index (κ2) is 8.41. The van der Waals surface area contributed by atoms with Gasteiger partial charge in [-0.3, -0.25) is 4.79 Å². The highest BCUT2D eigenvalue weighted by Gasteiger charge is 2.10. The van der Waals surface area contributed by atoms with Gasteiger partial charge in [-0.2, -0.15) is 0 Å². The largest absolute Gasteiger partial charge is 0.349 e. The number of carbonyl (C=O) groups is 1. The fraction of sp³-hybridized carbons (Fsp3) is 0.529. The number of aliphatic imine (C=N–C) groups is 1. The SMILES string of the molecule is CCC(C)C(=O)Nc1cccc(CN=C(N(C)C)N(C)C)c1. The van der Waals surface area contributed by atoms with Crippen LogP contribution in [0, 0.1) is 5.92 Å². The topological polar surface area (TPSA) is 47.9 Å². The van der Waals surface area contributed by atoms with Gasteiger partial charge in [0.25, 0.3) is 0 Å². The molecule has 1 aromatic rings. The molecule has 1 N–H and O–H groups in total. The summed E-state index contributed by atoms with van der Waals surface area (Å²) >= 11 is 0. The van der Waals surface area contributed by atoms with E-state index < -0.39 is 0 Å². The van der Waals surface area contributed by atoms with Crippen LogP contribution in [-0.2, 0) is 11.3 Å². The maximum Gasteiger partial charge on any atom is 0.227 e. The Balaban J connectivity index is 2.80. The zero-order valence-electron chi connectivity index (χ0n) is 14.6. The number of hydrogen-bond donors (Lipinski definition) is 1. The normalized spacial score (nSPS) is 11.5. The number of amides is 1. The molecule has 0 aliphatic carbocycles. The van der Waals surface area contributed by atoms with Gasteiger partial charge in [-0.1, -0.05) is 26.0 Å². The smallest absolute Gasteiger partial charge is 0.227 e. The predicted octanol–water partition coefficient (Wildman–Crippen LogP) is 2.65. The lowest BCUT2D eigenvalue weighted by Gasteiger charge is -2.22. The van der Waals surface area contributed by atoms with Crippen molar-refractivity contribution in [1.29, 1.82) is 0 Å². The summed E-state index contributed by atoms with van der Waals surface area (Å²) in [4.78, 5) is 20.5. The van der Waals surface area contributed by atoms with Crippen LogP contribution < -0.4 is 5.32 Å². The Bertz CT molecular complexity index is 513. The second-order valence-corrected chi connectivity index (χ2v) is 5.90. The molecule has 1 unspecified atom stereocenters. The van der Waals surface area contributed by atoms with Gasteiger partial charge in [-0.15, -0.1) is 0 Å². The minimum Gasteiger partial charge on any atom is -0.349 e. The van der Waals surface area contributed by atoms with E-state index in [0.29, 0.717) is 6.54 Å². The number of guanidine groups is 1. The van der Waals surface area contributed by atoms with Crippen LogP contribution >= 0.6 is 0 Å². The van der Waals surface area contributed by atoms with Crippen LogP contribution in [0.5, 0.6) is 0 Å². The van der Waals surface area contributed by atoms with E-state index in [4.69, 9.17) is 0 Å². The third-order valence-corrected chi connectivity index (χ3v) is 3.46. The van der Waals surface area contributed by atoms with Crippen LogP contribution in [0.15, 0.2) is 29.3 Å². The first kappa shape index (κ1) is 18.0. The Hall–Kier alpha value is -2.04. The fourth-order valence-corrected chi connectivity index (χ4v) is 2.04. The number of carbonyl (C=O) groups excluding carboxylic acids is 1. The first-order valence-corrected chi connectivity index (χ1v) is 7.64. The van der Waals surface area contributed by atoms with Crippen molar-refractivity contribution in [3.8, 4) is 0 Å². The molecular weight excluding hydrogens is 276 g/mol. The summed E-state index contributed by atoms with van der Waals surface area (Å²) in [6.45, 7) is 4.53. The molecule has 5 nitrogen and oxygen atoms in total. The monoisotopic (exact) mass is 304 g/mol. The molecule has 1 atom stereocenters. The number of nitrogens with zero attached hydrogens (tertiary/aromatic N) is 3. The molecule has 1 amide bonds. The lowest BCUT2D eigenvalue weighted by molar-refractivity contribution is -0.119. The molecule has 0 aliphatic rings. The summed E-state index contributed by atoms with van der Waals surface area (Å²) in [6.07, 6.45) is 0.838. The van der Waals surface area contributed by atoms with Crippen LogP contribution in [-0.4, -0.2) is 49.9 Å². The summed E-state index contributed by atoms with van der Waals surface area (Å²) in [6, 6.07) is 7.85. The average Bonchev–Trinajstić information content (AvgIpc) is 2.46. The lowest BCUT2D eigenvalue weighted by Crippen LogP contribution is -2.35. The summed E-state index contributed by atoms with van der Waals surface area (Å²) in [5.41, 5.74) is 1.90. The van der Waals surface area contributed by atoms with Gasteiger partial charge in [0.1, 0.15) is 0 Å². The molecule has 1 rings (SSSR count). The Morgan fingerprint density at radius 2 is 1.86 bits per heavy atom. The van der Waals surface area contributed by atoms with Crippen molar-refractivity contribution in [2.24, 2.45) is 10.9 Å². The zero-order chi connectivity index (χ0) is 16.7. The number of anilines is 1. The molecule has 0 saturated carbocycles. The van der Waals surface area contributed by atoms with E-state index in [9.17, 15) is 4.79 Å². The minimum absolute atomic E-state index is 0.0239. The van der Waals surface area contributed by atoms with Crippen LogP contribution in [0.3, 0.4) is 0 Å². The van der Waals surface area contributed by atoms with Crippen LogP contribution in [0.25, 0.3) is 0 Å². The van der Waals surface area contributed by atoms with Gasteiger partial charge in [-0.25, -0.2) is 4.99 Å². The standard InChI is InChI=1S/C17H28N4O/c1-7-13(2)16(22)19-15-10-8-9-14(11-15)12-18-17(20(3)4)21(5)6/h8-11,13H,7,12H2,1-6H3,(H,19,22). The molecule has 22 heavy (non-hydrogen) atoms. The van der Waals surface area contributed by atoms with E-state index in [-0.39, 0.29) is 11.8 Å². The second-order valence-electron chi connectivity index (χ2n) is 5.90. The summed E-state index contributed by atoms with van der Waals surface area (Å²) in [5.74, 6) is 0.996. The van der Waals surface area contributed by atoms with Gasteiger partial charge in [0, 0.05) is 39.8 Å². The quantitative estimate of drug-likeness (QED) is 0.672. The number of nitrogens with one attached hydrogen (secondary N) is 1. The summed E-state index contributed by atoms with van der Waals surface area (Å²) < 4.78 is 0. The minimum atomic E-state index is 0.0239. The highest BCUT2D eigenvalue weighted by Crippen LogP contribution is 2.14. The fourth-order valence-electron chi connectivity index (χ4n) is 2.04. The average molecular weight is 304 g/mol. The molecule has 0 bridgehead atoms. The van der Waals surface area contributed by atoms with Gasteiger partial charge >= 0.3 is 0 Å². The van der Waals surface area contributed by atoms with Crippen LogP contribution in [0.2, 0.25) is 0 Å². The molecule has 0 aliphatic heterocycles. The maximum atomic E-state index is 11.9. The van der Waals surface area contributed by atoms with Crippen molar-refractivity contribution < 1.29 is 4.79 Å². The molecule has 0 aromatic heterocycles. The predicted molar refractivity (Wildman–Crippen MR) is 93.0 cm³/mol. The van der Waals surface area contributed by atoms with Crippen molar-refractivity contribution in [3.63, 3.8) is 0 Å². The lowest BCUT2D eigenvalue weighted by atomic mass is 10.1. The highest BCUT2D eigenvalue weighted by atomic mass is 16.1. The van der Waals surface area contributed by atoms with Gasteiger partial charge in [-0.05, 0) is 24.1 Å². The van der Waals surface area contributed by atoms with Gasteiger partial charge in [0.05, 0.1) is 6.54 Å². The molecule has 0 fully saturated rings. The Morgan fingerprint density at radius 3 is 2.41 bits per heavy atom. The van der Waals surface area contributed by atoms with E-state index in [1.165, 1.54) is 0 Å². The molecule has 0 radical (unpaired) electrons. The summed E-state index contributed by atoms with van der Waals surface area (Å²) in [7, 11) is 7.90. The molecule has 1 aromatic carbocycles. The molecule has 5 heteroatoms. The van der Waals surface area contributed by atoms with Crippen molar-refractivity contribution >= 4 is 17.6 Å². The number of benzene rings is 1. The van der Waals surface area contributed by atoms with Crippen LogP contribution in [0.4, 0.5) is 5.69 Å². The number of hydrogen-bond acceptors (Lipinski definition) is 2. The first-order chi connectivity index (χ1) is 10.3. The van der Waals surface area contributed by atoms with Gasteiger partial charge < -0.3 is 15.1 Å². The molecular formula is C17H28N4O. The first-order valence-electron chi connectivity index (χ1n) is 7.64. The van der Waals surface area contributed by atoms with Crippen molar-refractivity contribution in [2.45, 2.75) is 26.8 Å². The van der Waals surface area contributed by atoms with Gasteiger partial charge in [0.15, 0.2) is 5.96 Å². The molecule has 0 heterocycles.